The fourth-order valence-corrected chi connectivity index (χ4v) is 2.43. The van der Waals surface area contributed by atoms with E-state index in [0.29, 0.717) is 5.75 Å². The van der Waals surface area contributed by atoms with Crippen LogP contribution in [0.3, 0.4) is 0 Å². The molecule has 0 aliphatic heterocycles. The molecule has 0 heterocycles. The summed E-state index contributed by atoms with van der Waals surface area (Å²) in [6.07, 6.45) is -0.454. The van der Waals surface area contributed by atoms with Gasteiger partial charge in [0.1, 0.15) is 5.75 Å². The minimum absolute atomic E-state index is 0.454. The van der Waals surface area contributed by atoms with Crippen LogP contribution in [0.15, 0.2) is 59.5 Å². The molecule has 0 atom stereocenters. The molecule has 0 spiro atoms. The van der Waals surface area contributed by atoms with E-state index in [4.69, 9.17) is 4.74 Å². The summed E-state index contributed by atoms with van der Waals surface area (Å²) in [6.45, 7) is 0. The zero-order valence-electron chi connectivity index (χ0n) is 10.6. The number of rotatable bonds is 4. The molecule has 1 N–H and O–H groups in total. The summed E-state index contributed by atoms with van der Waals surface area (Å²) in [7, 11) is 1.54. The highest BCUT2D eigenvalue weighted by Gasteiger charge is 2.03. The summed E-state index contributed by atoms with van der Waals surface area (Å²) >= 11 is 1.71. The molecular formula is C15H15NO2S. The Kier molecular flexibility index (Phi) is 4.86. The Morgan fingerprint density at radius 2 is 1.95 bits per heavy atom. The van der Waals surface area contributed by atoms with Crippen LogP contribution in [0.2, 0.25) is 0 Å². The lowest BCUT2D eigenvalue weighted by Gasteiger charge is -2.06. The Bertz CT molecular complexity index is 543. The van der Waals surface area contributed by atoms with E-state index in [1.165, 1.54) is 12.6 Å². The van der Waals surface area contributed by atoms with E-state index in [1.807, 2.05) is 36.4 Å². The van der Waals surface area contributed by atoms with Crippen LogP contribution in [0.25, 0.3) is 0 Å². The maximum Gasteiger partial charge on any atom is 0.412 e. The van der Waals surface area contributed by atoms with Crippen molar-refractivity contribution in [1.29, 1.82) is 0 Å². The van der Waals surface area contributed by atoms with Gasteiger partial charge in [0, 0.05) is 17.7 Å². The number of hydrogen-bond acceptors (Lipinski definition) is 3. The Balaban J connectivity index is 1.97. The molecule has 2 rings (SSSR count). The Morgan fingerprint density at radius 3 is 2.68 bits per heavy atom. The predicted octanol–water partition coefficient (Wildman–Crippen LogP) is 3.70. The summed E-state index contributed by atoms with van der Waals surface area (Å²) in [6, 6.07) is 17.8. The van der Waals surface area contributed by atoms with E-state index in [-0.39, 0.29) is 0 Å². The molecule has 1 amide bonds. The first-order chi connectivity index (χ1) is 9.28. The molecule has 4 heteroatoms. The number of amides is 1. The van der Waals surface area contributed by atoms with Crippen molar-refractivity contribution in [3.8, 4) is 5.75 Å². The van der Waals surface area contributed by atoms with Crippen LogP contribution < -0.4 is 10.1 Å². The van der Waals surface area contributed by atoms with Gasteiger partial charge in [0.2, 0.25) is 0 Å². The molecular weight excluding hydrogens is 258 g/mol. The van der Waals surface area contributed by atoms with E-state index in [1.54, 1.807) is 17.8 Å². The van der Waals surface area contributed by atoms with Crippen LogP contribution in [0.4, 0.5) is 4.79 Å². The van der Waals surface area contributed by atoms with Crippen LogP contribution in [0, 0.1) is 0 Å². The second-order valence-electron chi connectivity index (χ2n) is 3.89. The second kappa shape index (κ2) is 6.85. The fourth-order valence-electron chi connectivity index (χ4n) is 1.53. The van der Waals surface area contributed by atoms with Crippen molar-refractivity contribution in [1.82, 2.24) is 5.32 Å². The third-order valence-electron chi connectivity index (χ3n) is 2.47. The van der Waals surface area contributed by atoms with E-state index >= 15 is 0 Å². The normalized spacial score (nSPS) is 9.95. The van der Waals surface area contributed by atoms with Crippen molar-refractivity contribution in [2.24, 2.45) is 0 Å². The molecule has 98 valence electrons. The predicted molar refractivity (Wildman–Crippen MR) is 77.5 cm³/mol. The first kappa shape index (κ1) is 13.5. The van der Waals surface area contributed by atoms with Gasteiger partial charge >= 0.3 is 6.09 Å². The highest BCUT2D eigenvalue weighted by molar-refractivity contribution is 7.98. The van der Waals surface area contributed by atoms with Gasteiger partial charge in [-0.2, -0.15) is 0 Å². The van der Waals surface area contributed by atoms with Gasteiger partial charge in [0.15, 0.2) is 0 Å². The Labute approximate surface area is 117 Å². The molecule has 0 bridgehead atoms. The number of ether oxygens (including phenoxy) is 1. The highest BCUT2D eigenvalue weighted by atomic mass is 32.2. The van der Waals surface area contributed by atoms with Crippen molar-refractivity contribution in [2.75, 3.05) is 7.05 Å². The van der Waals surface area contributed by atoms with Gasteiger partial charge < -0.3 is 10.1 Å². The molecule has 2 aromatic rings. The zero-order chi connectivity index (χ0) is 13.5. The molecule has 0 aliphatic rings. The molecule has 19 heavy (non-hydrogen) atoms. The quantitative estimate of drug-likeness (QED) is 0.863. The molecule has 0 unspecified atom stereocenters. The molecule has 0 radical (unpaired) electrons. The molecule has 0 aliphatic carbocycles. The van der Waals surface area contributed by atoms with Crippen LogP contribution in [0.1, 0.15) is 5.56 Å². The van der Waals surface area contributed by atoms with E-state index < -0.39 is 6.09 Å². The van der Waals surface area contributed by atoms with Crippen LogP contribution >= 0.6 is 11.8 Å². The van der Waals surface area contributed by atoms with Crippen LogP contribution in [-0.2, 0) is 5.75 Å². The SMILES string of the molecule is CNC(=O)Oc1cccc(SCc2ccccc2)c1. The number of thioether (sulfide) groups is 1. The Morgan fingerprint density at radius 1 is 1.16 bits per heavy atom. The van der Waals surface area contributed by atoms with Gasteiger partial charge in [0.05, 0.1) is 0 Å². The molecule has 0 saturated carbocycles. The second-order valence-corrected chi connectivity index (χ2v) is 4.94. The minimum atomic E-state index is -0.454. The molecule has 3 nitrogen and oxygen atoms in total. The third kappa shape index (κ3) is 4.34. The van der Waals surface area contributed by atoms with Gasteiger partial charge in [-0.3, -0.25) is 0 Å². The summed E-state index contributed by atoms with van der Waals surface area (Å²) < 4.78 is 5.09. The van der Waals surface area contributed by atoms with Gasteiger partial charge in [-0.15, -0.1) is 11.8 Å². The molecule has 2 aromatic carbocycles. The van der Waals surface area contributed by atoms with Crippen molar-refractivity contribution >= 4 is 17.9 Å². The maximum atomic E-state index is 11.1. The molecule has 0 fully saturated rings. The monoisotopic (exact) mass is 273 g/mol. The smallest absolute Gasteiger partial charge is 0.410 e. The average molecular weight is 273 g/mol. The zero-order valence-corrected chi connectivity index (χ0v) is 11.4. The Hall–Kier alpha value is -1.94. The summed E-state index contributed by atoms with van der Waals surface area (Å²) in [5.74, 6) is 1.45. The summed E-state index contributed by atoms with van der Waals surface area (Å²) in [4.78, 5) is 12.2. The summed E-state index contributed by atoms with van der Waals surface area (Å²) in [5.41, 5.74) is 1.27. The van der Waals surface area contributed by atoms with E-state index in [0.717, 1.165) is 10.6 Å². The van der Waals surface area contributed by atoms with Crippen molar-refractivity contribution in [3.63, 3.8) is 0 Å². The first-order valence-corrected chi connectivity index (χ1v) is 6.93. The largest absolute Gasteiger partial charge is 0.412 e. The average Bonchev–Trinajstić information content (AvgIpc) is 2.46. The lowest BCUT2D eigenvalue weighted by atomic mass is 10.2. The number of carbonyl (C=O) groups excluding carboxylic acids is 1. The van der Waals surface area contributed by atoms with Crippen molar-refractivity contribution in [2.45, 2.75) is 10.6 Å². The minimum Gasteiger partial charge on any atom is -0.410 e. The number of hydrogen-bond donors (Lipinski definition) is 1. The van der Waals surface area contributed by atoms with Crippen LogP contribution in [0.5, 0.6) is 5.75 Å². The first-order valence-electron chi connectivity index (χ1n) is 5.94. The number of nitrogens with one attached hydrogen (secondary N) is 1. The van der Waals surface area contributed by atoms with Gasteiger partial charge in [-0.05, 0) is 23.8 Å². The van der Waals surface area contributed by atoms with E-state index in [9.17, 15) is 4.79 Å². The maximum absolute atomic E-state index is 11.1. The van der Waals surface area contributed by atoms with Gasteiger partial charge in [-0.25, -0.2) is 4.79 Å². The highest BCUT2D eigenvalue weighted by Crippen LogP contribution is 2.26. The summed E-state index contributed by atoms with van der Waals surface area (Å²) in [5, 5.41) is 2.42. The standard InChI is InChI=1S/C15H15NO2S/c1-16-15(17)18-13-8-5-9-14(10-13)19-11-12-6-3-2-4-7-12/h2-10H,11H2,1H3,(H,16,17). The number of carbonyl (C=O) groups is 1. The molecule has 0 aromatic heterocycles. The lowest BCUT2D eigenvalue weighted by molar-refractivity contribution is 0.203. The van der Waals surface area contributed by atoms with Gasteiger partial charge in [0.25, 0.3) is 0 Å². The van der Waals surface area contributed by atoms with Gasteiger partial charge in [-0.1, -0.05) is 36.4 Å². The van der Waals surface area contributed by atoms with Crippen molar-refractivity contribution in [3.05, 3.63) is 60.2 Å². The topological polar surface area (TPSA) is 38.3 Å². The van der Waals surface area contributed by atoms with E-state index in [2.05, 4.69) is 17.4 Å². The number of benzene rings is 2. The fraction of sp³-hybridized carbons (Fsp3) is 0.133. The van der Waals surface area contributed by atoms with Crippen LogP contribution in [-0.4, -0.2) is 13.1 Å². The lowest BCUT2D eigenvalue weighted by Crippen LogP contribution is -2.21. The van der Waals surface area contributed by atoms with Crippen molar-refractivity contribution < 1.29 is 9.53 Å². The third-order valence-corrected chi connectivity index (χ3v) is 3.53. The molecule has 0 saturated heterocycles.